The van der Waals surface area contributed by atoms with Gasteiger partial charge < -0.3 is 0 Å². The Morgan fingerprint density at radius 2 is 2.00 bits per heavy atom. The molecule has 0 heterocycles. The van der Waals surface area contributed by atoms with Crippen LogP contribution in [0.15, 0.2) is 0 Å². The summed E-state index contributed by atoms with van der Waals surface area (Å²) in [5.74, 6) is 0.465. The fraction of sp³-hybridized carbons (Fsp3) is 1.00. The Balaban J connectivity index is 3.42. The number of nitrogens with two attached hydrogens (primary N) is 1. The largest absolute Gasteiger partial charge is 0.229 e. The monoisotopic (exact) mass is 154 g/mol. The summed E-state index contributed by atoms with van der Waals surface area (Å²) in [6.07, 6.45) is 0.480. The van der Waals surface area contributed by atoms with E-state index in [0.29, 0.717) is 12.2 Å². The zero-order valence-corrected chi connectivity index (χ0v) is 5.96. The number of sulfonamides is 1. The average molecular weight is 154 g/mol. The highest BCUT2D eigenvalue weighted by Crippen LogP contribution is 1.86. The van der Waals surface area contributed by atoms with E-state index in [0.717, 1.165) is 0 Å². The minimum absolute atomic E-state index is 0.0104. The fourth-order valence-electron chi connectivity index (χ4n) is 0.260. The number of rotatable bonds is 3. The van der Waals surface area contributed by atoms with Gasteiger partial charge in [0.1, 0.15) is 0 Å². The molecule has 1 radical (unpaired) electrons. The van der Waals surface area contributed by atoms with Crippen LogP contribution in [0.2, 0.25) is 0 Å². The Labute approximate surface area is 54.7 Å². The predicted octanol–water partition coefficient (Wildman–Crippen LogP) is -0.137. The Kier molecular flexibility index (Phi) is 3.43. The SMILES string of the molecule is NS(=O)(=O)CCC[S]. The lowest BCUT2D eigenvalue weighted by atomic mass is 10.6. The summed E-state index contributed by atoms with van der Waals surface area (Å²) >= 11 is 4.50. The molecule has 0 unspecified atom stereocenters. The summed E-state index contributed by atoms with van der Waals surface area (Å²) in [7, 11) is -3.25. The highest BCUT2D eigenvalue weighted by Gasteiger charge is 1.98. The lowest BCUT2D eigenvalue weighted by Gasteiger charge is -1.90. The van der Waals surface area contributed by atoms with Crippen molar-refractivity contribution in [3.8, 4) is 0 Å². The van der Waals surface area contributed by atoms with E-state index in [2.05, 4.69) is 17.8 Å². The molecule has 0 aromatic heterocycles. The smallest absolute Gasteiger partial charge is 0.209 e. The summed E-state index contributed by atoms with van der Waals surface area (Å²) in [6, 6.07) is 0. The Hall–Kier alpha value is 0.260. The van der Waals surface area contributed by atoms with Gasteiger partial charge in [0.05, 0.1) is 5.75 Å². The molecule has 0 aliphatic rings. The molecule has 0 spiro atoms. The molecule has 0 saturated heterocycles. The van der Waals surface area contributed by atoms with Crippen LogP contribution in [0.1, 0.15) is 6.42 Å². The van der Waals surface area contributed by atoms with Crippen molar-refractivity contribution >= 4 is 22.7 Å². The van der Waals surface area contributed by atoms with Gasteiger partial charge in [0.15, 0.2) is 0 Å². The minimum Gasteiger partial charge on any atom is -0.229 e. The van der Waals surface area contributed by atoms with Crippen molar-refractivity contribution in [3.63, 3.8) is 0 Å². The molecule has 0 aromatic carbocycles. The van der Waals surface area contributed by atoms with Gasteiger partial charge in [-0.3, -0.25) is 0 Å². The van der Waals surface area contributed by atoms with Crippen molar-refractivity contribution in [3.05, 3.63) is 0 Å². The van der Waals surface area contributed by atoms with Crippen molar-refractivity contribution < 1.29 is 8.42 Å². The van der Waals surface area contributed by atoms with E-state index in [1.165, 1.54) is 0 Å². The highest BCUT2D eigenvalue weighted by molar-refractivity contribution is 7.89. The number of hydrogen-bond donors (Lipinski definition) is 1. The molecule has 2 N–H and O–H groups in total. The zero-order chi connectivity index (χ0) is 6.62. The van der Waals surface area contributed by atoms with Crippen LogP contribution in [-0.2, 0) is 10.0 Å². The Morgan fingerprint density at radius 1 is 1.50 bits per heavy atom. The molecule has 0 saturated carbocycles. The van der Waals surface area contributed by atoms with Gasteiger partial charge in [0.25, 0.3) is 0 Å². The van der Waals surface area contributed by atoms with Crippen molar-refractivity contribution in [1.29, 1.82) is 0 Å². The van der Waals surface area contributed by atoms with Gasteiger partial charge in [-0.05, 0) is 6.42 Å². The van der Waals surface area contributed by atoms with Crippen LogP contribution in [0.5, 0.6) is 0 Å². The second kappa shape index (κ2) is 3.32. The molecule has 0 amide bonds. The lowest BCUT2D eigenvalue weighted by molar-refractivity contribution is 0.596. The first kappa shape index (κ1) is 8.26. The minimum atomic E-state index is -3.25. The fourth-order valence-corrected chi connectivity index (χ4v) is 1.13. The van der Waals surface area contributed by atoms with Gasteiger partial charge in [0, 0.05) is 5.75 Å². The van der Waals surface area contributed by atoms with Crippen molar-refractivity contribution in [1.82, 2.24) is 0 Å². The first-order valence-corrected chi connectivity index (χ1v) is 4.44. The molecule has 3 nitrogen and oxygen atoms in total. The molecule has 0 aliphatic heterocycles. The molecule has 0 aliphatic carbocycles. The molecule has 8 heavy (non-hydrogen) atoms. The number of primary sulfonamides is 1. The summed E-state index contributed by atoms with van der Waals surface area (Å²) in [6.45, 7) is 0. The van der Waals surface area contributed by atoms with Gasteiger partial charge in [0.2, 0.25) is 10.0 Å². The summed E-state index contributed by atoms with van der Waals surface area (Å²) in [4.78, 5) is 0. The lowest BCUT2D eigenvalue weighted by Crippen LogP contribution is -2.16. The van der Waals surface area contributed by atoms with Gasteiger partial charge in [-0.2, -0.15) is 0 Å². The van der Waals surface area contributed by atoms with Crippen LogP contribution >= 0.6 is 12.6 Å². The molecule has 0 rings (SSSR count). The predicted molar refractivity (Wildman–Crippen MR) is 35.0 cm³/mol. The molecule has 0 aromatic rings. The third kappa shape index (κ3) is 6.26. The van der Waals surface area contributed by atoms with E-state index in [4.69, 9.17) is 0 Å². The third-order valence-corrected chi connectivity index (χ3v) is 1.72. The molecule has 0 bridgehead atoms. The third-order valence-electron chi connectivity index (χ3n) is 0.573. The van der Waals surface area contributed by atoms with E-state index in [-0.39, 0.29) is 5.75 Å². The maximum atomic E-state index is 10.1. The van der Waals surface area contributed by atoms with Gasteiger partial charge in [-0.25, -0.2) is 13.6 Å². The summed E-state index contributed by atoms with van der Waals surface area (Å²) in [5, 5.41) is 4.65. The molecule has 0 fully saturated rings. The first-order valence-electron chi connectivity index (χ1n) is 2.15. The van der Waals surface area contributed by atoms with Gasteiger partial charge in [-0.15, -0.1) is 0 Å². The maximum absolute atomic E-state index is 10.1. The van der Waals surface area contributed by atoms with Crippen molar-refractivity contribution in [2.24, 2.45) is 5.14 Å². The van der Waals surface area contributed by atoms with Gasteiger partial charge in [-0.1, -0.05) is 12.6 Å². The summed E-state index contributed by atoms with van der Waals surface area (Å²) < 4.78 is 20.2. The van der Waals surface area contributed by atoms with Crippen LogP contribution in [0, 0.1) is 0 Å². The molecule has 0 atom stereocenters. The van der Waals surface area contributed by atoms with Crippen LogP contribution in [-0.4, -0.2) is 19.9 Å². The van der Waals surface area contributed by atoms with E-state index >= 15 is 0 Å². The quantitative estimate of drug-likeness (QED) is 0.615. The number of hydrogen-bond acceptors (Lipinski definition) is 2. The second-order valence-electron chi connectivity index (χ2n) is 1.42. The van der Waals surface area contributed by atoms with Crippen molar-refractivity contribution in [2.75, 3.05) is 11.5 Å². The van der Waals surface area contributed by atoms with E-state index in [1.54, 1.807) is 0 Å². The standard InChI is InChI=1S/C3H8NO2S2/c4-8(5,6)3-1-2-7/h1-3H2,(H2,4,5,6). The Bertz CT molecular complexity index is 139. The Morgan fingerprint density at radius 3 is 2.12 bits per heavy atom. The van der Waals surface area contributed by atoms with Crippen LogP contribution in [0.25, 0.3) is 0 Å². The van der Waals surface area contributed by atoms with E-state index in [1.807, 2.05) is 0 Å². The van der Waals surface area contributed by atoms with Crippen LogP contribution in [0.3, 0.4) is 0 Å². The molecular weight excluding hydrogens is 146 g/mol. The first-order chi connectivity index (χ1) is 3.56. The topological polar surface area (TPSA) is 60.2 Å². The van der Waals surface area contributed by atoms with Gasteiger partial charge >= 0.3 is 0 Å². The molecular formula is C3H8NO2S2. The van der Waals surface area contributed by atoms with Crippen LogP contribution < -0.4 is 5.14 Å². The van der Waals surface area contributed by atoms with E-state index in [9.17, 15) is 8.42 Å². The van der Waals surface area contributed by atoms with Crippen LogP contribution in [0.4, 0.5) is 0 Å². The maximum Gasteiger partial charge on any atom is 0.209 e. The van der Waals surface area contributed by atoms with E-state index < -0.39 is 10.0 Å². The average Bonchev–Trinajstić information content (AvgIpc) is 1.59. The van der Waals surface area contributed by atoms with Crippen molar-refractivity contribution in [2.45, 2.75) is 6.42 Å². The molecule has 5 heteroatoms. The highest BCUT2D eigenvalue weighted by atomic mass is 32.2. The summed E-state index contributed by atoms with van der Waals surface area (Å²) in [5.41, 5.74) is 0. The second-order valence-corrected chi connectivity index (χ2v) is 3.57. The molecule has 49 valence electrons. The zero-order valence-electron chi connectivity index (χ0n) is 4.33. The normalized spacial score (nSPS) is 11.8.